The van der Waals surface area contributed by atoms with Crippen LogP contribution in [0.1, 0.15) is 0 Å². The average Bonchev–Trinajstić information content (AvgIpc) is 2.63. The molecule has 0 aliphatic rings. The van der Waals surface area contributed by atoms with Crippen LogP contribution in [0.25, 0.3) is 5.69 Å². The molecule has 0 bridgehead atoms. The van der Waals surface area contributed by atoms with E-state index in [1.165, 1.54) is 12.3 Å². The third kappa shape index (κ3) is 2.38. The summed E-state index contributed by atoms with van der Waals surface area (Å²) in [6, 6.07) is 4.79. The van der Waals surface area contributed by atoms with Crippen molar-refractivity contribution in [3.63, 3.8) is 0 Å². The quantitative estimate of drug-likeness (QED) is 0.798. The highest BCUT2D eigenvalue weighted by Crippen LogP contribution is 2.47. The molecular weight excluding hydrogens is 323 g/mol. The van der Waals surface area contributed by atoms with Crippen molar-refractivity contribution in [2.45, 2.75) is 0 Å². The van der Waals surface area contributed by atoms with Crippen LogP contribution in [0.15, 0.2) is 35.8 Å². The van der Waals surface area contributed by atoms with Crippen LogP contribution in [-0.2, 0) is 0 Å². The van der Waals surface area contributed by atoms with Gasteiger partial charge in [-0.1, -0.05) is 53.5 Å². The Balaban J connectivity index is 2.73. The number of halogens is 3. The molecule has 2 N–H and O–H groups in total. The minimum absolute atomic E-state index is 0.0140. The highest BCUT2D eigenvalue weighted by atomic mass is 35.5. The standard InChI is InChI=1S/C13H9Cl3N2O2/c1-2-6-17-11-10(16)12(19)18(13(11)20)8-5-3-4-7(14)9(8)15/h2-6,19-20H,1H2. The van der Waals surface area contributed by atoms with Gasteiger partial charge in [0.2, 0.25) is 11.8 Å². The zero-order valence-electron chi connectivity index (χ0n) is 10.0. The smallest absolute Gasteiger partial charge is 0.227 e. The second kappa shape index (κ2) is 5.79. The van der Waals surface area contributed by atoms with E-state index in [9.17, 15) is 10.2 Å². The van der Waals surface area contributed by atoms with Crippen LogP contribution in [0, 0.1) is 0 Å². The monoisotopic (exact) mass is 330 g/mol. The van der Waals surface area contributed by atoms with Gasteiger partial charge < -0.3 is 10.2 Å². The van der Waals surface area contributed by atoms with Gasteiger partial charge in [-0.2, -0.15) is 0 Å². The lowest BCUT2D eigenvalue weighted by atomic mass is 10.3. The molecule has 0 aliphatic carbocycles. The third-order valence-corrected chi connectivity index (χ3v) is 3.68. The van der Waals surface area contributed by atoms with Crippen LogP contribution < -0.4 is 0 Å². The number of benzene rings is 1. The van der Waals surface area contributed by atoms with Crippen molar-refractivity contribution in [2.75, 3.05) is 0 Å². The number of aliphatic imine (C=N–C) groups is 1. The fourth-order valence-electron chi connectivity index (χ4n) is 1.64. The zero-order chi connectivity index (χ0) is 14.9. The van der Waals surface area contributed by atoms with Gasteiger partial charge in [-0.3, -0.25) is 0 Å². The maximum absolute atomic E-state index is 10.2. The highest BCUT2D eigenvalue weighted by Gasteiger charge is 2.23. The molecule has 0 amide bonds. The van der Waals surface area contributed by atoms with Crippen LogP contribution in [0.4, 0.5) is 5.69 Å². The zero-order valence-corrected chi connectivity index (χ0v) is 12.3. The molecular formula is C13H9Cl3N2O2. The predicted molar refractivity (Wildman–Crippen MR) is 82.5 cm³/mol. The van der Waals surface area contributed by atoms with Crippen LogP contribution in [-0.4, -0.2) is 21.0 Å². The van der Waals surface area contributed by atoms with E-state index in [0.717, 1.165) is 4.57 Å². The van der Waals surface area contributed by atoms with Crippen molar-refractivity contribution in [3.05, 3.63) is 45.9 Å². The minimum Gasteiger partial charge on any atom is -0.493 e. The van der Waals surface area contributed by atoms with Gasteiger partial charge in [-0.25, -0.2) is 9.56 Å². The first-order valence-electron chi connectivity index (χ1n) is 5.40. The Bertz CT molecular complexity index is 708. The van der Waals surface area contributed by atoms with E-state index in [0.29, 0.717) is 0 Å². The lowest BCUT2D eigenvalue weighted by Gasteiger charge is -2.09. The number of hydrogen-bond donors (Lipinski definition) is 2. The van der Waals surface area contributed by atoms with Gasteiger partial charge in [0.15, 0.2) is 0 Å². The molecule has 20 heavy (non-hydrogen) atoms. The largest absolute Gasteiger partial charge is 0.493 e. The van der Waals surface area contributed by atoms with E-state index in [-0.39, 0.29) is 38.2 Å². The summed E-state index contributed by atoms with van der Waals surface area (Å²) in [5.41, 5.74) is 0.302. The van der Waals surface area contributed by atoms with Crippen molar-refractivity contribution < 1.29 is 10.2 Å². The van der Waals surface area contributed by atoms with Crippen molar-refractivity contribution in [1.29, 1.82) is 0 Å². The predicted octanol–water partition coefficient (Wildman–Crippen LogP) is 4.74. The normalized spacial score (nSPS) is 11.2. The second-order valence-corrected chi connectivity index (χ2v) is 4.90. The number of aromatic nitrogens is 1. The van der Waals surface area contributed by atoms with Gasteiger partial charge in [0.1, 0.15) is 10.7 Å². The van der Waals surface area contributed by atoms with Gasteiger partial charge in [-0.05, 0) is 12.1 Å². The molecule has 0 saturated heterocycles. The van der Waals surface area contributed by atoms with Gasteiger partial charge in [-0.15, -0.1) is 0 Å². The Kier molecular flexibility index (Phi) is 4.28. The molecule has 0 radical (unpaired) electrons. The molecule has 2 aromatic rings. The number of hydrogen-bond acceptors (Lipinski definition) is 3. The summed E-state index contributed by atoms with van der Waals surface area (Å²) in [5, 5.41) is 20.5. The van der Waals surface area contributed by atoms with Crippen LogP contribution >= 0.6 is 34.8 Å². The summed E-state index contributed by atoms with van der Waals surface area (Å²) >= 11 is 17.9. The number of nitrogens with zero attached hydrogens (tertiary/aromatic N) is 2. The molecule has 104 valence electrons. The topological polar surface area (TPSA) is 57.8 Å². The molecule has 0 fully saturated rings. The molecule has 0 unspecified atom stereocenters. The molecule has 1 aromatic carbocycles. The van der Waals surface area contributed by atoms with Crippen LogP contribution in [0.2, 0.25) is 15.1 Å². The van der Waals surface area contributed by atoms with Crippen LogP contribution in [0.3, 0.4) is 0 Å². The van der Waals surface area contributed by atoms with Crippen molar-refractivity contribution in [2.24, 2.45) is 4.99 Å². The second-order valence-electron chi connectivity index (χ2n) is 3.73. The first-order chi connectivity index (χ1) is 9.49. The molecule has 0 saturated carbocycles. The summed E-state index contributed by atoms with van der Waals surface area (Å²) in [6.45, 7) is 3.47. The van der Waals surface area contributed by atoms with E-state index in [4.69, 9.17) is 34.8 Å². The van der Waals surface area contributed by atoms with E-state index in [2.05, 4.69) is 11.6 Å². The maximum atomic E-state index is 10.2. The van der Waals surface area contributed by atoms with Gasteiger partial charge in [0.25, 0.3) is 0 Å². The maximum Gasteiger partial charge on any atom is 0.227 e. The Labute approximate surface area is 130 Å². The minimum atomic E-state index is -0.385. The Morgan fingerprint density at radius 2 is 1.80 bits per heavy atom. The third-order valence-electron chi connectivity index (χ3n) is 2.52. The number of aromatic hydroxyl groups is 2. The first kappa shape index (κ1) is 14.8. The van der Waals surface area contributed by atoms with Gasteiger partial charge >= 0.3 is 0 Å². The van der Waals surface area contributed by atoms with Gasteiger partial charge in [0, 0.05) is 6.21 Å². The Morgan fingerprint density at radius 3 is 2.45 bits per heavy atom. The van der Waals surface area contributed by atoms with E-state index in [1.54, 1.807) is 18.2 Å². The molecule has 1 heterocycles. The molecule has 7 heteroatoms. The molecule has 0 atom stereocenters. The van der Waals surface area contributed by atoms with Crippen molar-refractivity contribution in [1.82, 2.24) is 4.57 Å². The van der Waals surface area contributed by atoms with E-state index in [1.807, 2.05) is 0 Å². The van der Waals surface area contributed by atoms with E-state index < -0.39 is 0 Å². The molecule has 1 aromatic heterocycles. The lowest BCUT2D eigenvalue weighted by Crippen LogP contribution is -1.94. The Morgan fingerprint density at radius 1 is 1.10 bits per heavy atom. The summed E-state index contributed by atoms with van der Waals surface area (Å²) in [7, 11) is 0. The lowest BCUT2D eigenvalue weighted by molar-refractivity contribution is 0.403. The number of allylic oxidation sites excluding steroid dienone is 1. The van der Waals surface area contributed by atoms with E-state index >= 15 is 0 Å². The summed E-state index contributed by atoms with van der Waals surface area (Å²) in [4.78, 5) is 3.90. The fraction of sp³-hybridized carbons (Fsp3) is 0. The Hall–Kier alpha value is -1.62. The summed E-state index contributed by atoms with van der Waals surface area (Å²) in [5.74, 6) is -0.737. The molecule has 0 spiro atoms. The highest BCUT2D eigenvalue weighted by molar-refractivity contribution is 6.43. The first-order valence-corrected chi connectivity index (χ1v) is 6.54. The molecule has 2 rings (SSSR count). The van der Waals surface area contributed by atoms with Gasteiger partial charge in [0.05, 0.1) is 15.7 Å². The summed E-state index contributed by atoms with van der Waals surface area (Å²) < 4.78 is 1.06. The molecule has 0 aliphatic heterocycles. The van der Waals surface area contributed by atoms with Crippen molar-refractivity contribution in [3.8, 4) is 17.4 Å². The number of rotatable bonds is 3. The van der Waals surface area contributed by atoms with Crippen molar-refractivity contribution >= 4 is 46.7 Å². The average molecular weight is 332 g/mol. The SMILES string of the molecule is C=CC=Nc1c(Cl)c(O)n(-c2cccc(Cl)c2Cl)c1O. The molecule has 4 nitrogen and oxygen atoms in total. The summed E-state index contributed by atoms with van der Waals surface area (Å²) in [6.07, 6.45) is 2.75. The fourth-order valence-corrected chi connectivity index (χ4v) is 2.24. The van der Waals surface area contributed by atoms with Crippen LogP contribution in [0.5, 0.6) is 11.8 Å².